The van der Waals surface area contributed by atoms with Crippen LogP contribution < -0.4 is 16.0 Å². The number of carbonyl (C=O) groups excluding carboxylic acids is 1. The molecule has 0 saturated heterocycles. The number of carboxylic acid groups (broad SMARTS) is 1. The van der Waals surface area contributed by atoms with Crippen molar-refractivity contribution in [3.63, 3.8) is 0 Å². The highest BCUT2D eigenvalue weighted by Gasteiger charge is 2.27. The Bertz CT molecular complexity index is 1300. The molecule has 0 fully saturated rings. The van der Waals surface area contributed by atoms with Crippen LogP contribution in [0.25, 0.3) is 10.2 Å². The summed E-state index contributed by atoms with van der Waals surface area (Å²) < 4.78 is 13.5. The molecule has 0 aliphatic carbocycles. The van der Waals surface area contributed by atoms with Gasteiger partial charge in [-0.2, -0.15) is 0 Å². The highest BCUT2D eigenvalue weighted by atomic mass is 32.1. The number of thiophene rings is 1. The van der Waals surface area contributed by atoms with E-state index in [4.69, 9.17) is 19.4 Å². The van der Waals surface area contributed by atoms with Crippen LogP contribution in [0.4, 0.5) is 0 Å². The second-order valence-corrected chi connectivity index (χ2v) is 9.37. The maximum atomic E-state index is 13.4. The van der Waals surface area contributed by atoms with Gasteiger partial charge in [0.05, 0.1) is 19.1 Å². The van der Waals surface area contributed by atoms with Gasteiger partial charge in [-0.05, 0) is 58.2 Å². The summed E-state index contributed by atoms with van der Waals surface area (Å²) in [7, 11) is 1.61. The Morgan fingerprint density at radius 1 is 1.17 bits per heavy atom. The van der Waals surface area contributed by atoms with E-state index in [-0.39, 0.29) is 18.6 Å². The molecule has 198 valence electrons. The second kappa shape index (κ2) is 13.6. The van der Waals surface area contributed by atoms with Gasteiger partial charge in [-0.1, -0.05) is 32.0 Å². The lowest BCUT2D eigenvalue weighted by Crippen LogP contribution is -2.47. The van der Waals surface area contributed by atoms with Crippen LogP contribution in [-0.4, -0.2) is 40.4 Å². The summed E-state index contributed by atoms with van der Waals surface area (Å²) in [6, 6.07) is 7.63. The topological polar surface area (TPSA) is 117 Å². The van der Waals surface area contributed by atoms with E-state index < -0.39 is 17.2 Å². The number of para-hydroxylation sites is 1. The fraction of sp³-hybridized carbons (Fsp3) is 0.462. The maximum Gasteiger partial charge on any atom is 0.348 e. The van der Waals surface area contributed by atoms with Crippen molar-refractivity contribution in [2.24, 2.45) is 0 Å². The van der Waals surface area contributed by atoms with Crippen LogP contribution in [0, 0.1) is 6.92 Å². The molecule has 2 aromatic heterocycles. The highest BCUT2D eigenvalue weighted by Crippen LogP contribution is 2.29. The number of methoxy groups -OCH3 is 1. The van der Waals surface area contributed by atoms with Gasteiger partial charge in [0, 0.05) is 12.1 Å². The number of fused-ring (bicyclic) bond motifs is 1. The molecule has 10 heteroatoms. The summed E-state index contributed by atoms with van der Waals surface area (Å²) in [6.45, 7) is 13.2. The van der Waals surface area contributed by atoms with Gasteiger partial charge < -0.3 is 14.6 Å². The Hall–Kier alpha value is -3.40. The first-order valence-electron chi connectivity index (χ1n) is 11.7. The number of ether oxygens (including phenoxy) is 2. The van der Waals surface area contributed by atoms with Crippen molar-refractivity contribution < 1.29 is 24.2 Å². The number of aryl methyl sites for hydroxylation is 3. The smallest absolute Gasteiger partial charge is 0.348 e. The third-order valence-corrected chi connectivity index (χ3v) is 6.44. The summed E-state index contributed by atoms with van der Waals surface area (Å²) in [6.07, 6.45) is 0.535. The molecule has 0 spiro atoms. The van der Waals surface area contributed by atoms with Crippen molar-refractivity contribution >= 4 is 34.0 Å². The van der Waals surface area contributed by atoms with Crippen molar-refractivity contribution in [3.8, 4) is 5.75 Å². The molecule has 36 heavy (non-hydrogen) atoms. The molecule has 0 aliphatic heterocycles. The van der Waals surface area contributed by atoms with Crippen LogP contribution in [0.15, 0.2) is 33.9 Å². The molecule has 1 N–H and O–H groups in total. The zero-order chi connectivity index (χ0) is 27.6. The number of carbonyl (C=O) groups is 2. The minimum absolute atomic E-state index is 0.235. The number of aromatic nitrogens is 2. The predicted molar refractivity (Wildman–Crippen MR) is 143 cm³/mol. The van der Waals surface area contributed by atoms with E-state index in [1.165, 1.54) is 4.57 Å². The molecular formula is C26H36N2O7S. The highest BCUT2D eigenvalue weighted by molar-refractivity contribution is 7.20. The number of esters is 1. The summed E-state index contributed by atoms with van der Waals surface area (Å²) >= 11 is 1.14. The Morgan fingerprint density at radius 3 is 2.28 bits per heavy atom. The number of hydrogen-bond acceptors (Lipinski definition) is 7. The van der Waals surface area contributed by atoms with E-state index in [0.29, 0.717) is 33.6 Å². The normalized spacial score (nSPS) is 10.6. The monoisotopic (exact) mass is 520 g/mol. The van der Waals surface area contributed by atoms with Crippen molar-refractivity contribution in [1.82, 2.24) is 9.13 Å². The first-order chi connectivity index (χ1) is 17.0. The van der Waals surface area contributed by atoms with Crippen molar-refractivity contribution in [1.29, 1.82) is 0 Å². The van der Waals surface area contributed by atoms with Gasteiger partial charge in [0.25, 0.3) is 12.0 Å². The van der Waals surface area contributed by atoms with Crippen LogP contribution in [0.3, 0.4) is 0 Å². The number of nitrogens with zero attached hydrogens (tertiary/aromatic N) is 2. The minimum atomic E-state index is -0.715. The molecule has 3 rings (SSSR count). The second-order valence-electron chi connectivity index (χ2n) is 8.37. The van der Waals surface area contributed by atoms with Crippen LogP contribution >= 0.6 is 11.3 Å². The summed E-state index contributed by atoms with van der Waals surface area (Å²) in [5.74, 6) is 0.261. The fourth-order valence-electron chi connectivity index (χ4n) is 3.67. The van der Waals surface area contributed by atoms with Crippen molar-refractivity contribution in [3.05, 3.63) is 61.1 Å². The molecule has 0 unspecified atom stereocenters. The van der Waals surface area contributed by atoms with Crippen molar-refractivity contribution in [2.45, 2.75) is 67.0 Å². The molecule has 0 atom stereocenters. The number of rotatable bonds is 6. The maximum absolute atomic E-state index is 13.4. The summed E-state index contributed by atoms with van der Waals surface area (Å²) in [5, 5.41) is 7.28. The summed E-state index contributed by atoms with van der Waals surface area (Å²) in [5.41, 5.74) is 0.0133. The van der Waals surface area contributed by atoms with Gasteiger partial charge >= 0.3 is 11.7 Å². The molecule has 0 bridgehead atoms. The lowest BCUT2D eigenvalue weighted by Gasteiger charge is -2.23. The van der Waals surface area contributed by atoms with E-state index in [0.717, 1.165) is 22.6 Å². The largest absolute Gasteiger partial charge is 0.496 e. The first kappa shape index (κ1) is 30.6. The number of hydrogen-bond donors (Lipinski definition) is 1. The van der Waals surface area contributed by atoms with E-state index in [2.05, 4.69) is 0 Å². The molecule has 2 heterocycles. The SMILES string of the molecule is CC.CCOC(=O)c1sc2c(c1C)c(=O)n(C(C)(C)C)c(=O)n2CCc1ccccc1OC.O=CO. The van der Waals surface area contributed by atoms with Crippen molar-refractivity contribution in [2.75, 3.05) is 13.7 Å². The molecule has 1 aromatic carbocycles. The van der Waals surface area contributed by atoms with E-state index in [1.54, 1.807) is 25.5 Å². The third-order valence-electron chi connectivity index (χ3n) is 5.14. The van der Waals surface area contributed by atoms with Crippen LogP contribution in [-0.2, 0) is 28.0 Å². The molecular weight excluding hydrogens is 484 g/mol. The molecule has 0 saturated carbocycles. The summed E-state index contributed by atoms with van der Waals surface area (Å²) in [4.78, 5) is 48.4. The molecule has 9 nitrogen and oxygen atoms in total. The van der Waals surface area contributed by atoms with E-state index in [9.17, 15) is 14.4 Å². The third kappa shape index (κ3) is 6.63. The minimum Gasteiger partial charge on any atom is -0.496 e. The molecule has 3 aromatic rings. The Balaban J connectivity index is 0.00000120. The predicted octanol–water partition coefficient (Wildman–Crippen LogP) is 4.44. The Labute approximate surface area is 214 Å². The molecule has 0 aliphatic rings. The average molecular weight is 521 g/mol. The van der Waals surface area contributed by atoms with Crippen LogP contribution in [0.1, 0.15) is 62.3 Å². The first-order valence-corrected chi connectivity index (χ1v) is 12.5. The van der Waals surface area contributed by atoms with Gasteiger partial charge in [-0.3, -0.25) is 18.7 Å². The standard InChI is InChI=1S/C23H28N2O5S.C2H6.CH2O2/c1-7-30-21(27)18-14(2)17-19(26)25(23(3,4)5)22(28)24(20(17)31-18)13-12-15-10-8-9-11-16(15)29-6;1-2;2-1-3/h8-11H,7,12-13H2,1-6H3;1-2H3;1H,(H,2,3). The van der Waals surface area contributed by atoms with Gasteiger partial charge in [-0.15, -0.1) is 11.3 Å². The van der Waals surface area contributed by atoms with Gasteiger partial charge in [-0.25, -0.2) is 9.59 Å². The lowest BCUT2D eigenvalue weighted by atomic mass is 10.1. The van der Waals surface area contributed by atoms with Gasteiger partial charge in [0.1, 0.15) is 15.5 Å². The fourth-order valence-corrected chi connectivity index (χ4v) is 4.88. The van der Waals surface area contributed by atoms with Crippen LogP contribution in [0.2, 0.25) is 0 Å². The Morgan fingerprint density at radius 2 is 1.75 bits per heavy atom. The van der Waals surface area contributed by atoms with Crippen LogP contribution in [0.5, 0.6) is 5.75 Å². The van der Waals surface area contributed by atoms with E-state index in [1.807, 2.05) is 58.9 Å². The quantitative estimate of drug-likeness (QED) is 0.377. The van der Waals surface area contributed by atoms with Gasteiger partial charge in [0.15, 0.2) is 0 Å². The molecule has 0 amide bonds. The molecule has 0 radical (unpaired) electrons. The van der Waals surface area contributed by atoms with E-state index >= 15 is 0 Å². The zero-order valence-corrected chi connectivity index (χ0v) is 23.0. The number of benzene rings is 1. The Kier molecular flexibility index (Phi) is 11.6. The van der Waals surface area contributed by atoms with Gasteiger partial charge in [0.2, 0.25) is 0 Å². The lowest BCUT2D eigenvalue weighted by molar-refractivity contribution is -0.122. The zero-order valence-electron chi connectivity index (χ0n) is 22.2. The average Bonchev–Trinajstić information content (AvgIpc) is 3.17.